The molecule has 2 rings (SSSR count). The molecule has 1 aliphatic rings. The Hall–Kier alpha value is -2.55. The lowest BCUT2D eigenvalue weighted by Crippen LogP contribution is -2.53. The summed E-state index contributed by atoms with van der Waals surface area (Å²) in [6, 6.07) is 2.98. The minimum absolute atomic E-state index is 0.0102. The highest BCUT2D eigenvalue weighted by molar-refractivity contribution is 5.94. The molecular weight excluding hydrogens is 423 g/mol. The number of hydrogen-bond donors (Lipinski definition) is 2. The Labute approximate surface area is 188 Å². The molecule has 0 spiro atoms. The van der Waals surface area contributed by atoms with Crippen LogP contribution >= 0.6 is 0 Å². The lowest BCUT2D eigenvalue weighted by atomic mass is 9.93. The average Bonchev–Trinajstić information content (AvgIpc) is 2.65. The molecule has 1 heterocycles. The standard InChI is InChI=1S/C21H30F3N3O3.C2H4/c1-13(5-6-14-10-27(11-14)12-18(28)26-21(2,3)4)25-19(29)15-7-8-16(22)17(9-15)30-20(23)24;1-2/h7-9,13-14,20H,5-6,10-12H2,1-4H3,(H,25,29)(H,26,28);1-2H2. The van der Waals surface area contributed by atoms with Gasteiger partial charge in [0.2, 0.25) is 5.91 Å². The van der Waals surface area contributed by atoms with Crippen molar-refractivity contribution in [2.45, 2.75) is 58.7 Å². The van der Waals surface area contributed by atoms with Gasteiger partial charge >= 0.3 is 6.61 Å². The second-order valence-corrected chi connectivity index (χ2v) is 8.83. The number of benzene rings is 1. The quantitative estimate of drug-likeness (QED) is 0.551. The van der Waals surface area contributed by atoms with Crippen molar-refractivity contribution in [3.05, 3.63) is 42.7 Å². The van der Waals surface area contributed by atoms with Crippen LogP contribution in [0.3, 0.4) is 0 Å². The van der Waals surface area contributed by atoms with E-state index in [0.717, 1.165) is 38.1 Å². The molecule has 1 unspecified atom stereocenters. The van der Waals surface area contributed by atoms with Gasteiger partial charge in [0, 0.05) is 30.2 Å². The van der Waals surface area contributed by atoms with Gasteiger partial charge < -0.3 is 15.4 Å². The number of ether oxygens (including phenoxy) is 1. The molecule has 1 fully saturated rings. The van der Waals surface area contributed by atoms with E-state index < -0.39 is 24.1 Å². The van der Waals surface area contributed by atoms with Crippen molar-refractivity contribution in [2.75, 3.05) is 19.6 Å². The molecule has 0 aromatic heterocycles. The van der Waals surface area contributed by atoms with Crippen molar-refractivity contribution in [2.24, 2.45) is 5.92 Å². The van der Waals surface area contributed by atoms with Crippen LogP contribution < -0.4 is 15.4 Å². The number of hydrogen-bond acceptors (Lipinski definition) is 4. The molecule has 1 aliphatic heterocycles. The van der Waals surface area contributed by atoms with Crippen molar-refractivity contribution in [1.29, 1.82) is 0 Å². The minimum atomic E-state index is -3.17. The van der Waals surface area contributed by atoms with Crippen LogP contribution in [0.4, 0.5) is 13.2 Å². The molecule has 1 aromatic rings. The van der Waals surface area contributed by atoms with E-state index in [9.17, 15) is 22.8 Å². The second kappa shape index (κ2) is 12.5. The fourth-order valence-electron chi connectivity index (χ4n) is 3.35. The van der Waals surface area contributed by atoms with Crippen molar-refractivity contribution in [1.82, 2.24) is 15.5 Å². The van der Waals surface area contributed by atoms with Crippen molar-refractivity contribution < 1.29 is 27.5 Å². The molecule has 0 bridgehead atoms. The van der Waals surface area contributed by atoms with Gasteiger partial charge in [-0.25, -0.2) is 4.39 Å². The maximum Gasteiger partial charge on any atom is 0.387 e. The highest BCUT2D eigenvalue weighted by Crippen LogP contribution is 2.23. The van der Waals surface area contributed by atoms with Crippen LogP contribution in [0.15, 0.2) is 31.4 Å². The monoisotopic (exact) mass is 457 g/mol. The van der Waals surface area contributed by atoms with Crippen molar-refractivity contribution in [3.8, 4) is 5.75 Å². The van der Waals surface area contributed by atoms with Crippen molar-refractivity contribution >= 4 is 11.8 Å². The SMILES string of the molecule is C=C.CC(CCC1CN(CC(=O)NC(C)(C)C)C1)NC(=O)c1ccc(F)c(OC(F)F)c1. The lowest BCUT2D eigenvalue weighted by Gasteiger charge is -2.39. The van der Waals surface area contributed by atoms with E-state index in [0.29, 0.717) is 12.5 Å². The van der Waals surface area contributed by atoms with E-state index >= 15 is 0 Å². The largest absolute Gasteiger partial charge is 0.432 e. The van der Waals surface area contributed by atoms with E-state index in [4.69, 9.17) is 0 Å². The van der Waals surface area contributed by atoms with Gasteiger partial charge in [-0.15, -0.1) is 13.2 Å². The molecule has 0 radical (unpaired) electrons. The molecule has 9 heteroatoms. The van der Waals surface area contributed by atoms with E-state index in [1.54, 1.807) is 0 Å². The number of carbonyl (C=O) groups is 2. The number of halogens is 3. The Bertz CT molecular complexity index is 763. The third kappa shape index (κ3) is 9.72. The number of rotatable bonds is 9. The summed E-state index contributed by atoms with van der Waals surface area (Å²) >= 11 is 0. The Morgan fingerprint density at radius 3 is 2.44 bits per heavy atom. The fourth-order valence-corrected chi connectivity index (χ4v) is 3.35. The van der Waals surface area contributed by atoms with E-state index in [2.05, 4.69) is 33.4 Å². The summed E-state index contributed by atoms with van der Waals surface area (Å²) in [6.45, 7) is 12.6. The molecule has 32 heavy (non-hydrogen) atoms. The number of nitrogens with one attached hydrogen (secondary N) is 2. The van der Waals surface area contributed by atoms with E-state index in [1.807, 2.05) is 27.7 Å². The first kappa shape index (κ1) is 27.5. The third-order valence-electron chi connectivity index (χ3n) is 4.71. The molecular formula is C23H34F3N3O3. The number of nitrogens with zero attached hydrogens (tertiary/aromatic N) is 1. The van der Waals surface area contributed by atoms with Crippen LogP contribution in [0.5, 0.6) is 5.75 Å². The summed E-state index contributed by atoms with van der Waals surface area (Å²) in [7, 11) is 0. The van der Waals surface area contributed by atoms with Gasteiger partial charge in [0.1, 0.15) is 0 Å². The molecule has 1 atom stereocenters. The van der Waals surface area contributed by atoms with Gasteiger partial charge in [-0.05, 0) is 64.7 Å². The Balaban J connectivity index is 0.00000249. The first-order valence-corrected chi connectivity index (χ1v) is 10.5. The van der Waals surface area contributed by atoms with Gasteiger partial charge in [0.05, 0.1) is 6.54 Å². The molecule has 0 saturated carbocycles. The second-order valence-electron chi connectivity index (χ2n) is 8.83. The maximum atomic E-state index is 13.5. The Kier molecular flexibility index (Phi) is 10.7. The zero-order valence-electron chi connectivity index (χ0n) is 19.2. The zero-order chi connectivity index (χ0) is 24.5. The maximum absolute atomic E-state index is 13.5. The Morgan fingerprint density at radius 1 is 1.25 bits per heavy atom. The van der Waals surface area contributed by atoms with Gasteiger partial charge in [-0.2, -0.15) is 8.78 Å². The highest BCUT2D eigenvalue weighted by atomic mass is 19.3. The molecule has 1 saturated heterocycles. The third-order valence-corrected chi connectivity index (χ3v) is 4.71. The average molecular weight is 458 g/mol. The lowest BCUT2D eigenvalue weighted by molar-refractivity contribution is -0.125. The smallest absolute Gasteiger partial charge is 0.387 e. The van der Waals surface area contributed by atoms with Gasteiger partial charge in [-0.1, -0.05) is 0 Å². The van der Waals surface area contributed by atoms with E-state index in [1.165, 1.54) is 6.07 Å². The molecule has 0 aliphatic carbocycles. The number of amides is 2. The van der Waals surface area contributed by atoms with E-state index in [-0.39, 0.29) is 23.1 Å². The fraction of sp³-hybridized carbons (Fsp3) is 0.565. The summed E-state index contributed by atoms with van der Waals surface area (Å²) in [5, 5.41) is 5.72. The van der Waals surface area contributed by atoms with Crippen LogP contribution in [0.1, 0.15) is 50.9 Å². The predicted molar refractivity (Wildman–Crippen MR) is 118 cm³/mol. The first-order chi connectivity index (χ1) is 14.9. The topological polar surface area (TPSA) is 70.7 Å². The molecule has 180 valence electrons. The summed E-state index contributed by atoms with van der Waals surface area (Å²) < 4.78 is 42.2. The van der Waals surface area contributed by atoms with Crippen LogP contribution in [-0.4, -0.2) is 54.5 Å². The van der Waals surface area contributed by atoms with Crippen molar-refractivity contribution in [3.63, 3.8) is 0 Å². The van der Waals surface area contributed by atoms with Crippen LogP contribution in [0.25, 0.3) is 0 Å². The molecule has 6 nitrogen and oxygen atoms in total. The highest BCUT2D eigenvalue weighted by Gasteiger charge is 2.29. The first-order valence-electron chi connectivity index (χ1n) is 10.5. The molecule has 2 amide bonds. The summed E-state index contributed by atoms with van der Waals surface area (Å²) in [5.74, 6) is -1.61. The van der Waals surface area contributed by atoms with Crippen LogP contribution in [-0.2, 0) is 4.79 Å². The van der Waals surface area contributed by atoms with Gasteiger partial charge in [0.25, 0.3) is 5.91 Å². The Morgan fingerprint density at radius 2 is 1.88 bits per heavy atom. The molecule has 1 aromatic carbocycles. The predicted octanol–water partition coefficient (Wildman–Crippen LogP) is 3.97. The van der Waals surface area contributed by atoms with Gasteiger partial charge in [0.15, 0.2) is 11.6 Å². The minimum Gasteiger partial charge on any atom is -0.432 e. The summed E-state index contributed by atoms with van der Waals surface area (Å²) in [5.41, 5.74) is -0.190. The van der Waals surface area contributed by atoms with Crippen LogP contribution in [0.2, 0.25) is 0 Å². The number of likely N-dealkylation sites (tertiary alicyclic amines) is 1. The molecule has 2 N–H and O–H groups in total. The summed E-state index contributed by atoms with van der Waals surface area (Å²) in [4.78, 5) is 26.3. The normalized spacial score (nSPS) is 15.2. The number of carbonyl (C=O) groups excluding carboxylic acids is 2. The zero-order valence-corrected chi connectivity index (χ0v) is 19.2. The van der Waals surface area contributed by atoms with Gasteiger partial charge in [-0.3, -0.25) is 14.5 Å². The van der Waals surface area contributed by atoms with Crippen LogP contribution in [0, 0.1) is 11.7 Å². The number of alkyl halides is 2. The summed E-state index contributed by atoms with van der Waals surface area (Å²) in [6.07, 6.45) is 1.63.